The Morgan fingerprint density at radius 3 is 2.49 bits per heavy atom. The highest BCUT2D eigenvalue weighted by molar-refractivity contribution is 5.99. The monoisotopic (exact) mass is 495 g/mol. The Bertz CT molecular complexity index is 1400. The van der Waals surface area contributed by atoms with E-state index >= 15 is 0 Å². The van der Waals surface area contributed by atoms with Crippen LogP contribution in [0.4, 0.5) is 5.69 Å². The first-order valence-electron chi connectivity index (χ1n) is 11.7. The minimum Gasteiger partial charge on any atom is -0.508 e. The van der Waals surface area contributed by atoms with Gasteiger partial charge < -0.3 is 25.8 Å². The van der Waals surface area contributed by atoms with Crippen molar-refractivity contribution in [3.63, 3.8) is 0 Å². The number of nitrogens with two attached hydrogens (primary N) is 1. The first-order chi connectivity index (χ1) is 17.9. The average molecular weight is 496 g/mol. The van der Waals surface area contributed by atoms with Crippen molar-refractivity contribution in [3.05, 3.63) is 96.2 Å². The number of likely N-dealkylation sites (N-methyl/N-ethyl adjacent to an activating group) is 1. The van der Waals surface area contributed by atoms with Gasteiger partial charge in [0.05, 0.1) is 6.54 Å². The molecule has 0 spiro atoms. The number of hydrogen-bond acceptors (Lipinski definition) is 8. The van der Waals surface area contributed by atoms with Crippen molar-refractivity contribution in [2.24, 2.45) is 10.7 Å². The summed E-state index contributed by atoms with van der Waals surface area (Å²) in [5.41, 5.74) is 8.78. The summed E-state index contributed by atoms with van der Waals surface area (Å²) in [4.78, 5) is 15.6. The molecule has 0 saturated heterocycles. The van der Waals surface area contributed by atoms with Crippen molar-refractivity contribution >= 4 is 17.4 Å². The fourth-order valence-corrected chi connectivity index (χ4v) is 3.66. The van der Waals surface area contributed by atoms with Gasteiger partial charge in [0.2, 0.25) is 5.88 Å². The molecule has 9 nitrogen and oxygen atoms in total. The number of nitrogens with zero attached hydrogens (tertiary/aromatic N) is 4. The highest BCUT2D eigenvalue weighted by Crippen LogP contribution is 2.25. The fourth-order valence-electron chi connectivity index (χ4n) is 3.66. The van der Waals surface area contributed by atoms with Crippen LogP contribution in [-0.2, 0) is 0 Å². The molecule has 2 heterocycles. The van der Waals surface area contributed by atoms with E-state index < -0.39 is 0 Å². The van der Waals surface area contributed by atoms with E-state index in [1.54, 1.807) is 24.4 Å². The summed E-state index contributed by atoms with van der Waals surface area (Å²) in [5.74, 6) is 3.05. The van der Waals surface area contributed by atoms with E-state index in [-0.39, 0.29) is 11.6 Å². The quantitative estimate of drug-likeness (QED) is 0.231. The smallest absolute Gasteiger partial charge is 0.222 e. The van der Waals surface area contributed by atoms with Gasteiger partial charge in [-0.05, 0) is 48.5 Å². The third kappa shape index (κ3) is 6.61. The van der Waals surface area contributed by atoms with Crippen LogP contribution in [0, 0.1) is 5.41 Å². The lowest BCUT2D eigenvalue weighted by molar-refractivity contribution is 0.462. The predicted molar refractivity (Wildman–Crippen MR) is 147 cm³/mol. The zero-order chi connectivity index (χ0) is 26.2. The number of phenolic OH excluding ortho intramolecular Hbond substituents is 1. The van der Waals surface area contributed by atoms with Crippen molar-refractivity contribution in [1.82, 2.24) is 14.9 Å². The van der Waals surface area contributed by atoms with Gasteiger partial charge >= 0.3 is 0 Å². The van der Waals surface area contributed by atoms with Crippen molar-refractivity contribution in [2.75, 3.05) is 32.5 Å². The fraction of sp³-hybridized carbons (Fsp3) is 0.143. The number of phenols is 1. The topological polar surface area (TPSA) is 133 Å². The Morgan fingerprint density at radius 1 is 1.03 bits per heavy atom. The number of nitrogen functional groups attached to an aromatic ring is 1. The van der Waals surface area contributed by atoms with E-state index in [1.165, 1.54) is 12.1 Å². The zero-order valence-electron chi connectivity index (χ0n) is 20.7. The number of rotatable bonds is 6. The molecule has 0 radical (unpaired) electrons. The molecule has 0 unspecified atom stereocenters. The van der Waals surface area contributed by atoms with Gasteiger partial charge in [0.1, 0.15) is 23.2 Å². The van der Waals surface area contributed by atoms with Crippen LogP contribution in [0.1, 0.15) is 11.1 Å². The highest BCUT2D eigenvalue weighted by Gasteiger charge is 2.15. The average Bonchev–Trinajstić information content (AvgIpc) is 3.35. The van der Waals surface area contributed by atoms with Crippen LogP contribution < -0.4 is 15.8 Å². The summed E-state index contributed by atoms with van der Waals surface area (Å²) in [5, 5.41) is 19.0. The van der Waals surface area contributed by atoms with Crippen molar-refractivity contribution in [2.45, 2.75) is 0 Å². The summed E-state index contributed by atoms with van der Waals surface area (Å²) in [6.45, 7) is 1.78. The molecule has 0 aliphatic carbocycles. The molecular weight excluding hydrogens is 466 g/mol. The number of aromatic nitrogens is 2. The lowest BCUT2D eigenvalue weighted by Gasteiger charge is -2.14. The van der Waals surface area contributed by atoms with E-state index in [1.807, 2.05) is 55.6 Å². The molecule has 1 aliphatic rings. The van der Waals surface area contributed by atoms with Crippen LogP contribution in [0.15, 0.2) is 90.1 Å². The van der Waals surface area contributed by atoms with Crippen LogP contribution in [0.3, 0.4) is 0 Å². The van der Waals surface area contributed by atoms with Gasteiger partial charge in [-0.25, -0.2) is 4.98 Å². The number of benzene rings is 3. The maximum absolute atomic E-state index is 8.83. The largest absolute Gasteiger partial charge is 0.508 e. The van der Waals surface area contributed by atoms with Crippen LogP contribution in [0.5, 0.6) is 17.4 Å². The Balaban J connectivity index is 0.000000270. The Morgan fingerprint density at radius 2 is 1.78 bits per heavy atom. The van der Waals surface area contributed by atoms with E-state index in [2.05, 4.69) is 32.2 Å². The molecule has 5 rings (SSSR count). The van der Waals surface area contributed by atoms with Crippen LogP contribution in [-0.4, -0.2) is 58.8 Å². The number of nitrogens with one attached hydrogen (secondary N) is 2. The minimum absolute atomic E-state index is 0.0139. The second kappa shape index (κ2) is 11.7. The lowest BCUT2D eigenvalue weighted by atomic mass is 10.2. The molecule has 4 aromatic rings. The molecule has 188 valence electrons. The first-order valence-corrected chi connectivity index (χ1v) is 11.7. The van der Waals surface area contributed by atoms with Gasteiger partial charge in [0.25, 0.3) is 0 Å². The molecule has 1 aliphatic heterocycles. The van der Waals surface area contributed by atoms with Gasteiger partial charge in [-0.2, -0.15) is 4.98 Å². The Hall–Kier alpha value is -4.92. The first kappa shape index (κ1) is 25.2. The van der Waals surface area contributed by atoms with Crippen LogP contribution in [0.25, 0.3) is 11.4 Å². The van der Waals surface area contributed by atoms with Gasteiger partial charge in [-0.1, -0.05) is 24.3 Å². The summed E-state index contributed by atoms with van der Waals surface area (Å²) in [6, 6.07) is 23.8. The van der Waals surface area contributed by atoms with Crippen molar-refractivity contribution in [3.8, 4) is 28.8 Å². The second-order valence-corrected chi connectivity index (χ2v) is 8.27. The molecule has 0 saturated carbocycles. The molecule has 0 atom stereocenters. The molecule has 0 fully saturated rings. The summed E-state index contributed by atoms with van der Waals surface area (Å²) >= 11 is 0. The third-order valence-electron chi connectivity index (χ3n) is 5.59. The van der Waals surface area contributed by atoms with Gasteiger partial charge in [0, 0.05) is 55.3 Å². The number of amidine groups is 2. The number of ether oxygens (including phenoxy) is 1. The molecule has 9 heteroatoms. The maximum Gasteiger partial charge on any atom is 0.222 e. The third-order valence-corrected chi connectivity index (χ3v) is 5.59. The van der Waals surface area contributed by atoms with E-state index in [9.17, 15) is 0 Å². The van der Waals surface area contributed by atoms with Crippen molar-refractivity contribution < 1.29 is 9.84 Å². The molecule has 1 aromatic heterocycles. The number of hydrogen-bond donors (Lipinski definition) is 4. The SMILES string of the molecule is CNc1cccc(-c2nccc(Oc3cccc(C4=NCCN4C)c3)n2)c1.N=C(N)c1ccc(O)cc1. The Kier molecular flexibility index (Phi) is 7.95. The predicted octanol–water partition coefficient (Wildman–Crippen LogP) is 4.35. The van der Waals surface area contributed by atoms with Gasteiger partial charge in [0.15, 0.2) is 5.82 Å². The van der Waals surface area contributed by atoms with Crippen LogP contribution in [0.2, 0.25) is 0 Å². The van der Waals surface area contributed by atoms with Gasteiger partial charge in [-0.15, -0.1) is 0 Å². The van der Waals surface area contributed by atoms with Crippen LogP contribution >= 0.6 is 0 Å². The number of aliphatic imine (C=N–C) groups is 1. The van der Waals surface area contributed by atoms with E-state index in [0.29, 0.717) is 17.3 Å². The molecule has 5 N–H and O–H groups in total. The second-order valence-electron chi connectivity index (χ2n) is 8.27. The number of aromatic hydroxyl groups is 1. The van der Waals surface area contributed by atoms with E-state index in [0.717, 1.165) is 41.5 Å². The summed E-state index contributed by atoms with van der Waals surface area (Å²) in [6.07, 6.45) is 1.71. The maximum atomic E-state index is 8.83. The molecule has 0 bridgehead atoms. The minimum atomic E-state index is 0.0139. The van der Waals surface area contributed by atoms with E-state index in [4.69, 9.17) is 21.0 Å². The molecule has 3 aromatic carbocycles. The molecular formula is C28H29N7O2. The Labute approximate surface area is 215 Å². The van der Waals surface area contributed by atoms with Crippen molar-refractivity contribution in [1.29, 1.82) is 5.41 Å². The number of anilines is 1. The zero-order valence-corrected chi connectivity index (χ0v) is 20.7. The highest BCUT2D eigenvalue weighted by atomic mass is 16.5. The van der Waals surface area contributed by atoms with Gasteiger partial charge in [-0.3, -0.25) is 10.4 Å². The molecule has 0 amide bonds. The normalized spacial score (nSPS) is 12.3. The standard InChI is InChI=1S/C21H21N5O.C7H8N2O/c1-22-17-7-3-5-15(13-17)20-23-10-9-19(25-20)27-18-8-4-6-16(14-18)21-24-11-12-26(21)2;8-7(9)5-1-3-6(10)4-2-5/h3-10,13-14,22H,11-12H2,1-2H3;1-4,10H,(H3,8,9). The molecule has 37 heavy (non-hydrogen) atoms. The summed E-state index contributed by atoms with van der Waals surface area (Å²) in [7, 11) is 3.94. The lowest BCUT2D eigenvalue weighted by Crippen LogP contribution is -2.23. The summed E-state index contributed by atoms with van der Waals surface area (Å²) < 4.78 is 5.99.